The third kappa shape index (κ3) is 6.59. The van der Waals surface area contributed by atoms with Crippen LogP contribution in [0.4, 0.5) is 22.7 Å². The Hall–Kier alpha value is -5.74. The van der Waals surface area contributed by atoms with Gasteiger partial charge in [-0.25, -0.2) is 4.85 Å². The third-order valence-electron chi connectivity index (χ3n) is 13.5. The lowest BCUT2D eigenvalue weighted by atomic mass is 9.76. The minimum absolute atomic E-state index is 0.0671. The molecule has 2 atom stereocenters. The molecule has 0 aromatic heterocycles. The second kappa shape index (κ2) is 14.3. The number of anilines is 3. The molecule has 3 aromatic carbocycles. The van der Waals surface area contributed by atoms with E-state index >= 15 is 0 Å². The largest absolute Gasteiger partial charge is 0.371 e. The summed E-state index contributed by atoms with van der Waals surface area (Å²) in [4.78, 5) is 80.2. The van der Waals surface area contributed by atoms with Crippen LogP contribution in [0.25, 0.3) is 4.85 Å². The van der Waals surface area contributed by atoms with E-state index in [0.29, 0.717) is 30.6 Å². The van der Waals surface area contributed by atoms with Crippen molar-refractivity contribution < 1.29 is 24.0 Å². The van der Waals surface area contributed by atoms with Gasteiger partial charge in [0.1, 0.15) is 6.04 Å². The van der Waals surface area contributed by atoms with Crippen molar-refractivity contribution in [3.8, 4) is 0 Å². The molecule has 5 saturated heterocycles. The van der Waals surface area contributed by atoms with E-state index < -0.39 is 29.7 Å². The SMILES string of the molecule is [C-]#[N+]c1ccc(N2CC3(CCN(c4ccc(C(=O)N5CCN(C6CN(c7ccc8c(c7)C(=O)N(C7CCC(=O)NC7=O)C8=O)C6)CC5)cc4)CC3)CC2C)cc1C. The Morgan fingerprint density at radius 1 is 0.807 bits per heavy atom. The van der Waals surface area contributed by atoms with Gasteiger partial charge in [-0.05, 0) is 105 Å². The van der Waals surface area contributed by atoms with E-state index in [1.54, 1.807) is 12.1 Å². The molecule has 13 heteroatoms. The number of benzene rings is 3. The smallest absolute Gasteiger partial charge is 0.262 e. The molecule has 294 valence electrons. The summed E-state index contributed by atoms with van der Waals surface area (Å²) in [6.07, 6.45) is 3.67. The highest BCUT2D eigenvalue weighted by atomic mass is 16.2. The van der Waals surface area contributed by atoms with E-state index in [4.69, 9.17) is 6.57 Å². The average Bonchev–Trinajstić information content (AvgIpc) is 3.65. The predicted octanol–water partition coefficient (Wildman–Crippen LogP) is 4.48. The van der Waals surface area contributed by atoms with Crippen LogP contribution in [-0.4, -0.2) is 121 Å². The zero-order valence-corrected chi connectivity index (χ0v) is 32.6. The van der Waals surface area contributed by atoms with Crippen LogP contribution in [0.3, 0.4) is 0 Å². The molecular formula is C44H48N8O5. The number of rotatable bonds is 6. The summed E-state index contributed by atoms with van der Waals surface area (Å²) >= 11 is 0. The third-order valence-corrected chi connectivity index (χ3v) is 13.5. The monoisotopic (exact) mass is 768 g/mol. The van der Waals surface area contributed by atoms with Crippen molar-refractivity contribution in [3.05, 3.63) is 94.3 Å². The first-order valence-electron chi connectivity index (χ1n) is 20.2. The van der Waals surface area contributed by atoms with Crippen molar-refractivity contribution in [1.82, 2.24) is 20.0 Å². The summed E-state index contributed by atoms with van der Waals surface area (Å²) in [5.74, 6) is -1.94. The molecular weight excluding hydrogens is 721 g/mol. The molecule has 2 unspecified atom stereocenters. The van der Waals surface area contributed by atoms with Gasteiger partial charge in [0.15, 0.2) is 5.69 Å². The Balaban J connectivity index is 0.741. The molecule has 6 aliphatic heterocycles. The van der Waals surface area contributed by atoms with Crippen LogP contribution in [0.1, 0.15) is 75.7 Å². The number of hydrogen-bond acceptors (Lipinski definition) is 9. The molecule has 6 heterocycles. The molecule has 5 amide bonds. The highest BCUT2D eigenvalue weighted by Crippen LogP contribution is 2.46. The number of nitrogens with zero attached hydrogens (tertiary/aromatic N) is 7. The summed E-state index contributed by atoms with van der Waals surface area (Å²) in [5.41, 5.74) is 6.59. The molecule has 9 rings (SSSR count). The maximum Gasteiger partial charge on any atom is 0.262 e. The Morgan fingerprint density at radius 3 is 2.18 bits per heavy atom. The van der Waals surface area contributed by atoms with Gasteiger partial charge in [-0.2, -0.15) is 0 Å². The number of aryl methyl sites for hydroxylation is 1. The van der Waals surface area contributed by atoms with E-state index in [1.807, 2.05) is 36.1 Å². The summed E-state index contributed by atoms with van der Waals surface area (Å²) in [6.45, 7) is 19.2. The molecule has 57 heavy (non-hydrogen) atoms. The van der Waals surface area contributed by atoms with Gasteiger partial charge < -0.3 is 19.6 Å². The fourth-order valence-corrected chi connectivity index (χ4v) is 10.0. The highest BCUT2D eigenvalue weighted by Gasteiger charge is 2.46. The number of carbonyl (C=O) groups is 5. The molecule has 0 radical (unpaired) electrons. The Labute approximate surface area is 333 Å². The summed E-state index contributed by atoms with van der Waals surface area (Å²) in [6, 6.07) is 19.4. The Kier molecular flexibility index (Phi) is 9.27. The molecule has 0 bridgehead atoms. The lowest BCUT2D eigenvalue weighted by Crippen LogP contribution is -2.63. The topological polar surface area (TPSA) is 121 Å². The minimum atomic E-state index is -0.980. The van der Waals surface area contributed by atoms with Gasteiger partial charge in [0.2, 0.25) is 11.8 Å². The van der Waals surface area contributed by atoms with Gasteiger partial charge in [0.05, 0.1) is 17.7 Å². The highest BCUT2D eigenvalue weighted by molar-refractivity contribution is 6.23. The first kappa shape index (κ1) is 36.9. The average molecular weight is 769 g/mol. The first-order valence-corrected chi connectivity index (χ1v) is 20.2. The summed E-state index contributed by atoms with van der Waals surface area (Å²) in [5, 5.41) is 2.24. The molecule has 13 nitrogen and oxygen atoms in total. The zero-order valence-electron chi connectivity index (χ0n) is 32.6. The lowest BCUT2D eigenvalue weighted by Gasteiger charge is -2.49. The minimum Gasteiger partial charge on any atom is -0.371 e. The Morgan fingerprint density at radius 2 is 1.49 bits per heavy atom. The number of imide groups is 2. The summed E-state index contributed by atoms with van der Waals surface area (Å²) < 4.78 is 0. The van der Waals surface area contributed by atoms with Crippen molar-refractivity contribution in [2.75, 3.05) is 73.6 Å². The molecule has 1 N–H and O–H groups in total. The molecule has 0 aliphatic carbocycles. The van der Waals surface area contributed by atoms with E-state index in [2.05, 4.69) is 61.0 Å². The van der Waals surface area contributed by atoms with Crippen LogP contribution in [0, 0.1) is 18.9 Å². The Bertz CT molecular complexity index is 2190. The maximum atomic E-state index is 13.6. The van der Waals surface area contributed by atoms with Gasteiger partial charge in [-0.3, -0.25) is 39.1 Å². The van der Waals surface area contributed by atoms with Crippen LogP contribution < -0.4 is 20.0 Å². The van der Waals surface area contributed by atoms with Crippen molar-refractivity contribution in [2.45, 2.75) is 64.1 Å². The van der Waals surface area contributed by atoms with Gasteiger partial charge in [-0.1, -0.05) is 6.07 Å². The molecule has 5 fully saturated rings. The van der Waals surface area contributed by atoms with Crippen LogP contribution in [0.5, 0.6) is 0 Å². The van der Waals surface area contributed by atoms with E-state index in [9.17, 15) is 24.0 Å². The number of amides is 5. The van der Waals surface area contributed by atoms with Gasteiger partial charge >= 0.3 is 0 Å². The number of nitrogens with one attached hydrogen (secondary N) is 1. The van der Waals surface area contributed by atoms with E-state index in [1.165, 1.54) is 17.8 Å². The maximum absolute atomic E-state index is 13.6. The second-order valence-corrected chi connectivity index (χ2v) is 16.9. The molecule has 0 saturated carbocycles. The van der Waals surface area contributed by atoms with Crippen molar-refractivity contribution in [1.29, 1.82) is 0 Å². The second-order valence-electron chi connectivity index (χ2n) is 16.9. The van der Waals surface area contributed by atoms with Gasteiger partial charge in [0.25, 0.3) is 17.7 Å². The fourth-order valence-electron chi connectivity index (χ4n) is 10.0. The zero-order chi connectivity index (χ0) is 39.6. The number of carbonyl (C=O) groups excluding carboxylic acids is 5. The normalized spacial score (nSPS) is 23.8. The van der Waals surface area contributed by atoms with Gasteiger partial charge in [-0.15, -0.1) is 0 Å². The van der Waals surface area contributed by atoms with E-state index in [0.717, 1.165) is 86.1 Å². The fraction of sp³-hybridized carbons (Fsp3) is 0.455. The number of piperidine rings is 2. The first-order chi connectivity index (χ1) is 27.5. The summed E-state index contributed by atoms with van der Waals surface area (Å²) in [7, 11) is 0. The van der Waals surface area contributed by atoms with Crippen LogP contribution in [0.2, 0.25) is 0 Å². The van der Waals surface area contributed by atoms with Gasteiger partial charge in [0, 0.05) is 100 Å². The molecule has 6 aliphatic rings. The molecule has 3 aromatic rings. The quantitative estimate of drug-likeness (QED) is 0.286. The van der Waals surface area contributed by atoms with Crippen LogP contribution in [0.15, 0.2) is 60.7 Å². The number of piperazine rings is 1. The lowest BCUT2D eigenvalue weighted by molar-refractivity contribution is -0.136. The number of fused-ring (bicyclic) bond motifs is 1. The van der Waals surface area contributed by atoms with Crippen molar-refractivity contribution in [3.63, 3.8) is 0 Å². The molecule has 1 spiro atoms. The van der Waals surface area contributed by atoms with Crippen LogP contribution in [-0.2, 0) is 9.59 Å². The predicted molar refractivity (Wildman–Crippen MR) is 216 cm³/mol. The van der Waals surface area contributed by atoms with E-state index in [-0.39, 0.29) is 29.9 Å². The van der Waals surface area contributed by atoms with Crippen molar-refractivity contribution in [2.24, 2.45) is 5.41 Å². The number of hydrogen-bond donors (Lipinski definition) is 1. The van der Waals surface area contributed by atoms with Crippen molar-refractivity contribution >= 4 is 52.3 Å². The van der Waals surface area contributed by atoms with Crippen LogP contribution >= 0.6 is 0 Å². The standard InChI is InChI=1S/C44H48N8O5/c1-28-22-33(9-11-37(28)45-3)51-27-44(24-29(51)2)14-16-47(17-15-44)31-6-4-30(5-7-31)41(55)49-20-18-48(19-21-49)34-25-50(26-34)32-8-10-35-36(23-32)43(57)52(42(35)56)38-12-13-39(53)46-40(38)54/h4-11,22-23,29,34,38H,12-21,24-27H2,1-2H3,(H,46,53,54).